The minimum absolute atomic E-state index is 0.366. The second-order valence-corrected chi connectivity index (χ2v) is 3.89. The molecule has 0 bridgehead atoms. The van der Waals surface area contributed by atoms with E-state index in [1.807, 2.05) is 6.07 Å². The molecule has 0 spiro atoms. The van der Waals surface area contributed by atoms with Gasteiger partial charge in [-0.1, -0.05) is 0 Å². The van der Waals surface area contributed by atoms with Crippen LogP contribution in [0.1, 0.15) is 24.2 Å². The van der Waals surface area contributed by atoms with Gasteiger partial charge in [0, 0.05) is 38.0 Å². The van der Waals surface area contributed by atoms with Crippen LogP contribution in [0.4, 0.5) is 0 Å². The van der Waals surface area contributed by atoms with E-state index < -0.39 is 0 Å². The largest absolute Gasteiger partial charge is 0.468 e. The highest BCUT2D eigenvalue weighted by molar-refractivity contribution is 5.79. The average molecular weight is 208 g/mol. The van der Waals surface area contributed by atoms with Crippen molar-refractivity contribution in [1.29, 1.82) is 0 Å². The molecule has 4 heteroatoms. The molecule has 2 heterocycles. The van der Waals surface area contributed by atoms with Crippen LogP contribution in [-0.4, -0.2) is 23.8 Å². The Morgan fingerprint density at radius 2 is 2.13 bits per heavy atom. The van der Waals surface area contributed by atoms with E-state index in [1.165, 1.54) is 0 Å². The molecule has 1 saturated heterocycles. The molecule has 0 saturated carbocycles. The zero-order valence-corrected chi connectivity index (χ0v) is 8.74. The minimum Gasteiger partial charge on any atom is -0.468 e. The third-order valence-electron chi connectivity index (χ3n) is 2.84. The zero-order chi connectivity index (χ0) is 10.7. The zero-order valence-electron chi connectivity index (χ0n) is 8.74. The van der Waals surface area contributed by atoms with Crippen LogP contribution in [0.25, 0.3) is 0 Å². The van der Waals surface area contributed by atoms with E-state index >= 15 is 0 Å². The SMILES string of the molecule is NCc1ccoc1CN1CCC(=O)CC1. The molecule has 0 unspecified atom stereocenters. The quantitative estimate of drug-likeness (QED) is 0.801. The third kappa shape index (κ3) is 2.46. The second kappa shape index (κ2) is 4.59. The van der Waals surface area contributed by atoms with Gasteiger partial charge in [-0.25, -0.2) is 0 Å². The monoisotopic (exact) mass is 208 g/mol. The van der Waals surface area contributed by atoms with Crippen LogP contribution in [0.5, 0.6) is 0 Å². The first kappa shape index (κ1) is 10.4. The fourth-order valence-electron chi connectivity index (χ4n) is 1.85. The van der Waals surface area contributed by atoms with Crippen LogP contribution in [0, 0.1) is 0 Å². The van der Waals surface area contributed by atoms with Crippen molar-refractivity contribution in [2.75, 3.05) is 13.1 Å². The number of hydrogen-bond acceptors (Lipinski definition) is 4. The first-order valence-electron chi connectivity index (χ1n) is 5.29. The lowest BCUT2D eigenvalue weighted by Gasteiger charge is -2.24. The first-order valence-corrected chi connectivity index (χ1v) is 5.29. The number of carbonyl (C=O) groups is 1. The lowest BCUT2D eigenvalue weighted by molar-refractivity contribution is -0.121. The molecule has 15 heavy (non-hydrogen) atoms. The number of piperidine rings is 1. The van der Waals surface area contributed by atoms with E-state index in [0.717, 1.165) is 31.0 Å². The van der Waals surface area contributed by atoms with Crippen LogP contribution < -0.4 is 5.73 Å². The number of nitrogens with zero attached hydrogens (tertiary/aromatic N) is 1. The number of ketones is 1. The summed E-state index contributed by atoms with van der Waals surface area (Å²) in [4.78, 5) is 13.3. The summed E-state index contributed by atoms with van der Waals surface area (Å²) >= 11 is 0. The van der Waals surface area contributed by atoms with Crippen molar-refractivity contribution in [1.82, 2.24) is 4.90 Å². The molecule has 0 amide bonds. The Morgan fingerprint density at radius 1 is 1.40 bits per heavy atom. The molecular weight excluding hydrogens is 192 g/mol. The highest BCUT2D eigenvalue weighted by Gasteiger charge is 2.18. The fraction of sp³-hybridized carbons (Fsp3) is 0.545. The number of rotatable bonds is 3. The minimum atomic E-state index is 0.366. The van der Waals surface area contributed by atoms with Gasteiger partial charge in [-0.05, 0) is 6.07 Å². The Morgan fingerprint density at radius 3 is 2.80 bits per heavy atom. The summed E-state index contributed by atoms with van der Waals surface area (Å²) in [6, 6.07) is 1.91. The van der Waals surface area contributed by atoms with Crippen molar-refractivity contribution in [3.63, 3.8) is 0 Å². The highest BCUT2D eigenvalue weighted by atomic mass is 16.3. The smallest absolute Gasteiger partial charge is 0.135 e. The Kier molecular flexibility index (Phi) is 3.18. The standard InChI is InChI=1S/C11H16N2O2/c12-7-9-3-6-15-11(9)8-13-4-1-10(14)2-5-13/h3,6H,1-2,4-5,7-8,12H2. The summed E-state index contributed by atoms with van der Waals surface area (Å²) in [5.74, 6) is 1.30. The number of likely N-dealkylation sites (tertiary alicyclic amines) is 1. The van der Waals surface area contributed by atoms with Crippen LogP contribution in [-0.2, 0) is 17.9 Å². The summed E-state index contributed by atoms with van der Waals surface area (Å²) in [7, 11) is 0. The highest BCUT2D eigenvalue weighted by Crippen LogP contribution is 2.15. The van der Waals surface area contributed by atoms with Gasteiger partial charge >= 0.3 is 0 Å². The molecule has 2 N–H and O–H groups in total. The molecule has 1 aliphatic heterocycles. The molecule has 0 atom stereocenters. The Balaban J connectivity index is 1.94. The van der Waals surface area contributed by atoms with Gasteiger partial charge in [0.25, 0.3) is 0 Å². The predicted molar refractivity (Wildman–Crippen MR) is 56.1 cm³/mol. The van der Waals surface area contributed by atoms with Gasteiger partial charge in [0.05, 0.1) is 12.8 Å². The molecule has 4 nitrogen and oxygen atoms in total. The topological polar surface area (TPSA) is 59.5 Å². The van der Waals surface area contributed by atoms with Crippen molar-refractivity contribution < 1.29 is 9.21 Å². The fourth-order valence-corrected chi connectivity index (χ4v) is 1.85. The van der Waals surface area contributed by atoms with Gasteiger partial charge in [-0.3, -0.25) is 9.69 Å². The number of furan rings is 1. The predicted octanol–water partition coefficient (Wildman–Crippen LogP) is 0.903. The van der Waals surface area contributed by atoms with Crippen LogP contribution >= 0.6 is 0 Å². The summed E-state index contributed by atoms with van der Waals surface area (Å²) in [5.41, 5.74) is 6.65. The normalized spacial score (nSPS) is 18.3. The molecule has 0 aliphatic carbocycles. The number of Topliss-reactive ketones (excluding diaryl/α,β-unsaturated/α-hetero) is 1. The maximum absolute atomic E-state index is 11.1. The van der Waals surface area contributed by atoms with Gasteiger partial charge in [0.2, 0.25) is 0 Å². The van der Waals surface area contributed by atoms with Gasteiger partial charge in [0.15, 0.2) is 0 Å². The maximum atomic E-state index is 11.1. The Bertz CT molecular complexity index is 336. The van der Waals surface area contributed by atoms with Crippen LogP contribution in [0.15, 0.2) is 16.7 Å². The lowest BCUT2D eigenvalue weighted by Crippen LogP contribution is -2.33. The van der Waals surface area contributed by atoms with Crippen LogP contribution in [0.2, 0.25) is 0 Å². The van der Waals surface area contributed by atoms with Crippen molar-refractivity contribution in [3.05, 3.63) is 23.7 Å². The van der Waals surface area contributed by atoms with Crippen molar-refractivity contribution in [3.8, 4) is 0 Å². The van der Waals surface area contributed by atoms with E-state index in [0.29, 0.717) is 25.2 Å². The lowest BCUT2D eigenvalue weighted by atomic mass is 10.1. The summed E-state index contributed by atoms with van der Waals surface area (Å²) in [6.45, 7) is 2.96. The molecule has 1 aromatic rings. The molecule has 0 aromatic carbocycles. The summed E-state index contributed by atoms with van der Waals surface area (Å²) in [5, 5.41) is 0. The van der Waals surface area contributed by atoms with Gasteiger partial charge in [-0.2, -0.15) is 0 Å². The first-order chi connectivity index (χ1) is 7.29. The molecule has 1 fully saturated rings. The third-order valence-corrected chi connectivity index (χ3v) is 2.84. The van der Waals surface area contributed by atoms with Gasteiger partial charge < -0.3 is 10.2 Å². The van der Waals surface area contributed by atoms with E-state index in [1.54, 1.807) is 6.26 Å². The van der Waals surface area contributed by atoms with Crippen molar-refractivity contribution in [2.24, 2.45) is 5.73 Å². The van der Waals surface area contributed by atoms with Crippen LogP contribution in [0.3, 0.4) is 0 Å². The molecule has 2 rings (SSSR count). The van der Waals surface area contributed by atoms with Crippen molar-refractivity contribution in [2.45, 2.75) is 25.9 Å². The van der Waals surface area contributed by atoms with E-state index in [2.05, 4.69) is 4.90 Å². The maximum Gasteiger partial charge on any atom is 0.135 e. The van der Waals surface area contributed by atoms with E-state index in [-0.39, 0.29) is 0 Å². The Hall–Kier alpha value is -1.13. The molecule has 1 aliphatic rings. The van der Waals surface area contributed by atoms with Crippen molar-refractivity contribution >= 4 is 5.78 Å². The molecular formula is C11H16N2O2. The molecule has 1 aromatic heterocycles. The summed E-state index contributed by atoms with van der Waals surface area (Å²) < 4.78 is 5.38. The molecule has 82 valence electrons. The van der Waals surface area contributed by atoms with Gasteiger partial charge in [0.1, 0.15) is 11.5 Å². The number of nitrogens with two attached hydrogens (primary N) is 1. The molecule has 0 radical (unpaired) electrons. The summed E-state index contributed by atoms with van der Waals surface area (Å²) in [6.07, 6.45) is 3.00. The average Bonchev–Trinajstić information content (AvgIpc) is 2.69. The van der Waals surface area contributed by atoms with E-state index in [4.69, 9.17) is 10.2 Å². The number of carbonyl (C=O) groups excluding carboxylic acids is 1. The Labute approximate surface area is 89.0 Å². The number of hydrogen-bond donors (Lipinski definition) is 1. The van der Waals surface area contributed by atoms with Gasteiger partial charge in [-0.15, -0.1) is 0 Å². The van der Waals surface area contributed by atoms with E-state index in [9.17, 15) is 4.79 Å². The second-order valence-electron chi connectivity index (χ2n) is 3.89.